The molecule has 0 amide bonds. The lowest BCUT2D eigenvalue weighted by Gasteiger charge is -2.07. The number of hydrogen-bond donors (Lipinski definition) is 0. The molecule has 78 valence electrons. The van der Waals surface area contributed by atoms with Gasteiger partial charge in [-0.2, -0.15) is 0 Å². The second-order valence-corrected chi connectivity index (χ2v) is 3.65. The fraction of sp³-hybridized carbons (Fsp3) is 0. The number of halogens is 2. The highest BCUT2D eigenvalue weighted by Crippen LogP contribution is 2.23. The van der Waals surface area contributed by atoms with Crippen molar-refractivity contribution in [2.24, 2.45) is 0 Å². The van der Waals surface area contributed by atoms with Crippen molar-refractivity contribution in [1.29, 1.82) is 0 Å². The number of rotatable bonds is 2. The molecule has 0 saturated carbocycles. The standard InChI is InChI=1S/C12H7BClFO/c13-11-5-4-10(7-12(11)14)16-9-3-1-2-8(15)6-9/h1-7H. The first-order valence-electron chi connectivity index (χ1n) is 4.63. The zero-order valence-electron chi connectivity index (χ0n) is 8.28. The van der Waals surface area contributed by atoms with Gasteiger partial charge in [-0.05, 0) is 24.3 Å². The van der Waals surface area contributed by atoms with Crippen LogP contribution in [0.15, 0.2) is 42.5 Å². The Labute approximate surface area is 99.2 Å². The maximum absolute atomic E-state index is 12.9. The molecule has 2 aromatic carbocycles. The largest absolute Gasteiger partial charge is 0.457 e. The molecule has 0 aliphatic rings. The van der Waals surface area contributed by atoms with Gasteiger partial charge in [-0.1, -0.05) is 29.2 Å². The minimum Gasteiger partial charge on any atom is -0.457 e. The molecule has 0 heterocycles. The summed E-state index contributed by atoms with van der Waals surface area (Å²) in [6.07, 6.45) is 0. The summed E-state index contributed by atoms with van der Waals surface area (Å²) in [6.45, 7) is 0. The maximum atomic E-state index is 12.9. The lowest BCUT2D eigenvalue weighted by atomic mass is 9.96. The summed E-state index contributed by atoms with van der Waals surface area (Å²) in [5.74, 6) is 0.588. The lowest BCUT2D eigenvalue weighted by molar-refractivity contribution is 0.477. The van der Waals surface area contributed by atoms with Gasteiger partial charge in [0.15, 0.2) is 0 Å². The Bertz CT molecular complexity index is 516. The highest BCUT2D eigenvalue weighted by molar-refractivity contribution is 6.45. The van der Waals surface area contributed by atoms with Gasteiger partial charge in [0.25, 0.3) is 0 Å². The molecule has 0 saturated heterocycles. The Balaban J connectivity index is 2.24. The molecule has 0 N–H and O–H groups in total. The normalized spacial score (nSPS) is 10.1. The molecule has 0 aliphatic heterocycles. The van der Waals surface area contributed by atoms with Gasteiger partial charge < -0.3 is 4.74 Å². The Hall–Kier alpha value is -1.48. The van der Waals surface area contributed by atoms with Crippen molar-refractivity contribution in [3.63, 3.8) is 0 Å². The van der Waals surface area contributed by atoms with Crippen molar-refractivity contribution in [1.82, 2.24) is 0 Å². The first-order chi connectivity index (χ1) is 7.65. The van der Waals surface area contributed by atoms with E-state index in [1.165, 1.54) is 12.1 Å². The Kier molecular flexibility index (Phi) is 3.16. The van der Waals surface area contributed by atoms with E-state index in [2.05, 4.69) is 0 Å². The molecule has 0 fully saturated rings. The fourth-order valence-electron chi connectivity index (χ4n) is 1.24. The van der Waals surface area contributed by atoms with E-state index in [1.807, 2.05) is 0 Å². The summed E-state index contributed by atoms with van der Waals surface area (Å²) in [7, 11) is 5.56. The Morgan fingerprint density at radius 2 is 1.81 bits per heavy atom. The van der Waals surface area contributed by atoms with E-state index >= 15 is 0 Å². The minimum absolute atomic E-state index is 0.348. The quantitative estimate of drug-likeness (QED) is 0.723. The SMILES string of the molecule is [B]c1ccc(Oc2cccc(F)c2)cc1Cl. The van der Waals surface area contributed by atoms with Crippen LogP contribution in [0.4, 0.5) is 4.39 Å². The molecule has 0 atom stereocenters. The second-order valence-electron chi connectivity index (χ2n) is 3.24. The molecule has 0 aromatic heterocycles. The number of ether oxygens (including phenoxy) is 1. The van der Waals surface area contributed by atoms with Crippen LogP contribution in [-0.2, 0) is 0 Å². The number of benzene rings is 2. The third kappa shape index (κ3) is 2.55. The van der Waals surface area contributed by atoms with E-state index in [0.717, 1.165) is 0 Å². The van der Waals surface area contributed by atoms with Crippen molar-refractivity contribution in [3.05, 3.63) is 53.3 Å². The van der Waals surface area contributed by atoms with Gasteiger partial charge in [0.05, 0.1) is 0 Å². The molecule has 2 radical (unpaired) electrons. The summed E-state index contributed by atoms with van der Waals surface area (Å²) in [6, 6.07) is 10.8. The van der Waals surface area contributed by atoms with Crippen molar-refractivity contribution < 1.29 is 9.13 Å². The van der Waals surface area contributed by atoms with E-state index in [1.54, 1.807) is 30.3 Å². The van der Waals surface area contributed by atoms with Crippen LogP contribution in [0.2, 0.25) is 5.02 Å². The van der Waals surface area contributed by atoms with E-state index < -0.39 is 0 Å². The lowest BCUT2D eigenvalue weighted by Crippen LogP contribution is -2.02. The van der Waals surface area contributed by atoms with Gasteiger partial charge in [-0.3, -0.25) is 0 Å². The molecule has 1 nitrogen and oxygen atoms in total. The van der Waals surface area contributed by atoms with Crippen LogP contribution in [0.5, 0.6) is 11.5 Å². The van der Waals surface area contributed by atoms with Crippen LogP contribution in [0, 0.1) is 5.82 Å². The van der Waals surface area contributed by atoms with Gasteiger partial charge in [0.2, 0.25) is 0 Å². The molecule has 16 heavy (non-hydrogen) atoms. The van der Waals surface area contributed by atoms with Gasteiger partial charge in [-0.25, -0.2) is 4.39 Å². The fourth-order valence-corrected chi connectivity index (χ4v) is 1.41. The third-order valence-corrected chi connectivity index (χ3v) is 2.33. The zero-order valence-corrected chi connectivity index (χ0v) is 9.04. The van der Waals surface area contributed by atoms with Gasteiger partial charge in [-0.15, -0.1) is 0 Å². The van der Waals surface area contributed by atoms with Crippen molar-refractivity contribution in [2.75, 3.05) is 0 Å². The van der Waals surface area contributed by atoms with Crippen molar-refractivity contribution in [2.45, 2.75) is 0 Å². The average molecular weight is 232 g/mol. The van der Waals surface area contributed by atoms with Gasteiger partial charge in [0, 0.05) is 11.1 Å². The summed E-state index contributed by atoms with van der Waals surface area (Å²) in [4.78, 5) is 0. The van der Waals surface area contributed by atoms with Gasteiger partial charge >= 0.3 is 0 Å². The van der Waals surface area contributed by atoms with Crippen LogP contribution < -0.4 is 10.2 Å². The summed E-state index contributed by atoms with van der Waals surface area (Å²) >= 11 is 5.83. The summed E-state index contributed by atoms with van der Waals surface area (Å²) in [5.41, 5.74) is 0.480. The first kappa shape index (κ1) is 11.0. The van der Waals surface area contributed by atoms with Crippen LogP contribution in [0.25, 0.3) is 0 Å². The molecule has 0 bridgehead atoms. The minimum atomic E-state index is -0.348. The van der Waals surface area contributed by atoms with Crippen LogP contribution in [0.1, 0.15) is 0 Å². The molecule has 0 spiro atoms. The molecular formula is C12H7BClFO. The van der Waals surface area contributed by atoms with Crippen LogP contribution in [0.3, 0.4) is 0 Å². The average Bonchev–Trinajstić information content (AvgIpc) is 2.24. The highest BCUT2D eigenvalue weighted by atomic mass is 35.5. The topological polar surface area (TPSA) is 9.23 Å². The summed E-state index contributed by atoms with van der Waals surface area (Å²) in [5, 5.41) is 0.411. The maximum Gasteiger partial charge on any atom is 0.130 e. The summed E-state index contributed by atoms with van der Waals surface area (Å²) < 4.78 is 18.3. The third-order valence-electron chi connectivity index (χ3n) is 2.00. The molecule has 4 heteroatoms. The van der Waals surface area contributed by atoms with Crippen LogP contribution in [-0.4, -0.2) is 7.85 Å². The van der Waals surface area contributed by atoms with Crippen molar-refractivity contribution in [3.8, 4) is 11.5 Å². The monoisotopic (exact) mass is 232 g/mol. The molecule has 0 unspecified atom stereocenters. The highest BCUT2D eigenvalue weighted by Gasteiger charge is 2.01. The Morgan fingerprint density at radius 1 is 1.06 bits per heavy atom. The van der Waals surface area contributed by atoms with E-state index in [4.69, 9.17) is 24.2 Å². The number of hydrogen-bond acceptors (Lipinski definition) is 1. The van der Waals surface area contributed by atoms with Gasteiger partial charge in [0.1, 0.15) is 25.2 Å². The van der Waals surface area contributed by atoms with E-state index in [9.17, 15) is 4.39 Å². The molecule has 2 rings (SSSR count). The predicted molar refractivity (Wildman–Crippen MR) is 63.3 cm³/mol. The molecule has 0 aliphatic carbocycles. The second kappa shape index (κ2) is 4.58. The smallest absolute Gasteiger partial charge is 0.130 e. The zero-order chi connectivity index (χ0) is 11.5. The Morgan fingerprint density at radius 3 is 2.50 bits per heavy atom. The molecule has 2 aromatic rings. The first-order valence-corrected chi connectivity index (χ1v) is 5.01. The molecular weight excluding hydrogens is 225 g/mol. The van der Waals surface area contributed by atoms with Crippen molar-refractivity contribution >= 4 is 24.9 Å². The predicted octanol–water partition coefficient (Wildman–Crippen LogP) is 3.07. The van der Waals surface area contributed by atoms with E-state index in [0.29, 0.717) is 22.0 Å². The van der Waals surface area contributed by atoms with Crippen LogP contribution >= 0.6 is 11.6 Å². The van der Waals surface area contributed by atoms with E-state index in [-0.39, 0.29) is 5.82 Å².